The van der Waals surface area contributed by atoms with Crippen molar-refractivity contribution in [3.05, 3.63) is 29.8 Å². The van der Waals surface area contributed by atoms with Crippen LogP contribution in [0.2, 0.25) is 0 Å². The topological polar surface area (TPSA) is 289 Å². The van der Waals surface area contributed by atoms with Crippen molar-refractivity contribution < 1.29 is 44.1 Å². The molecule has 0 unspecified atom stereocenters. The summed E-state index contributed by atoms with van der Waals surface area (Å²) in [7, 11) is 0. The van der Waals surface area contributed by atoms with Crippen molar-refractivity contribution >= 4 is 35.6 Å². The second-order valence-corrected chi connectivity index (χ2v) is 11.9. The number of carboxylic acid groups (broad SMARTS) is 2. The number of aromatic hydroxyl groups is 1. The van der Waals surface area contributed by atoms with Gasteiger partial charge in [0, 0.05) is 0 Å². The first-order valence-corrected chi connectivity index (χ1v) is 15.8. The molecule has 4 amide bonds. The highest BCUT2D eigenvalue weighted by atomic mass is 16.4. The Labute approximate surface area is 274 Å². The highest BCUT2D eigenvalue weighted by molar-refractivity contribution is 5.96. The Morgan fingerprint density at radius 2 is 1.15 bits per heavy atom. The van der Waals surface area contributed by atoms with Crippen LogP contribution in [0, 0.1) is 5.92 Å². The molecule has 1 aromatic carbocycles. The fourth-order valence-corrected chi connectivity index (χ4v) is 4.67. The van der Waals surface area contributed by atoms with Gasteiger partial charge in [0.15, 0.2) is 0 Å². The summed E-state index contributed by atoms with van der Waals surface area (Å²) < 4.78 is 0. The number of phenols is 1. The van der Waals surface area contributed by atoms with Gasteiger partial charge in [-0.3, -0.25) is 24.0 Å². The molecule has 0 aromatic heterocycles. The zero-order valence-corrected chi connectivity index (χ0v) is 27.1. The van der Waals surface area contributed by atoms with Crippen molar-refractivity contribution in [2.75, 3.05) is 13.1 Å². The molecule has 5 atom stereocenters. The Hall–Kier alpha value is -4.28. The van der Waals surface area contributed by atoms with E-state index in [4.69, 9.17) is 17.2 Å². The summed E-state index contributed by atoms with van der Waals surface area (Å²) in [5.41, 5.74) is 17.8. The van der Waals surface area contributed by atoms with Crippen LogP contribution in [0.15, 0.2) is 24.3 Å². The lowest BCUT2D eigenvalue weighted by molar-refractivity contribution is -0.143. The third kappa shape index (κ3) is 16.2. The number of nitrogens with two attached hydrogens (primary N) is 3. The van der Waals surface area contributed by atoms with Gasteiger partial charge in [0.25, 0.3) is 0 Å². The number of rotatable bonds is 23. The van der Waals surface area contributed by atoms with Gasteiger partial charge in [-0.05, 0) is 88.1 Å². The van der Waals surface area contributed by atoms with Crippen molar-refractivity contribution in [2.45, 2.75) is 102 Å². The molecule has 47 heavy (non-hydrogen) atoms. The van der Waals surface area contributed by atoms with Crippen LogP contribution in [-0.4, -0.2) is 94.2 Å². The molecule has 1 rings (SSSR count). The summed E-state index contributed by atoms with van der Waals surface area (Å²) in [5.74, 6) is -6.00. The summed E-state index contributed by atoms with van der Waals surface area (Å²) in [6.45, 7) is 4.26. The molecule has 0 aliphatic rings. The van der Waals surface area contributed by atoms with Gasteiger partial charge in [-0.2, -0.15) is 0 Å². The maximum Gasteiger partial charge on any atom is 0.326 e. The number of amides is 4. The highest BCUT2D eigenvalue weighted by Crippen LogP contribution is 2.12. The smallest absolute Gasteiger partial charge is 0.326 e. The first kappa shape index (κ1) is 40.7. The maximum absolute atomic E-state index is 13.4. The molecular weight excluding hydrogens is 614 g/mol. The molecule has 0 aliphatic heterocycles. The minimum Gasteiger partial charge on any atom is -0.508 e. The number of hydrogen-bond donors (Lipinski definition) is 10. The summed E-state index contributed by atoms with van der Waals surface area (Å²) in [6, 6.07) is -0.260. The van der Waals surface area contributed by atoms with Gasteiger partial charge in [0.1, 0.15) is 29.9 Å². The van der Waals surface area contributed by atoms with Crippen LogP contribution < -0.4 is 38.5 Å². The van der Waals surface area contributed by atoms with Crippen LogP contribution in [0.3, 0.4) is 0 Å². The Kier molecular flexibility index (Phi) is 18.6. The molecular formula is C31H51N7O9. The van der Waals surface area contributed by atoms with Crippen molar-refractivity contribution in [2.24, 2.45) is 23.1 Å². The highest BCUT2D eigenvalue weighted by Gasteiger charge is 2.33. The van der Waals surface area contributed by atoms with Crippen LogP contribution in [0.25, 0.3) is 0 Å². The van der Waals surface area contributed by atoms with Crippen LogP contribution in [0.5, 0.6) is 5.75 Å². The van der Waals surface area contributed by atoms with Crippen LogP contribution in [0.1, 0.15) is 70.8 Å². The molecule has 0 bridgehead atoms. The van der Waals surface area contributed by atoms with Gasteiger partial charge >= 0.3 is 11.9 Å². The number of nitrogens with one attached hydrogen (secondary N) is 4. The summed E-state index contributed by atoms with van der Waals surface area (Å²) in [4.78, 5) is 76.2. The van der Waals surface area contributed by atoms with E-state index in [1.165, 1.54) is 12.1 Å². The van der Waals surface area contributed by atoms with E-state index < -0.39 is 72.2 Å². The third-order valence-electron chi connectivity index (χ3n) is 7.22. The van der Waals surface area contributed by atoms with E-state index in [1.807, 2.05) is 0 Å². The normalized spacial score (nSPS) is 14.3. The van der Waals surface area contributed by atoms with E-state index >= 15 is 0 Å². The Bertz CT molecular complexity index is 1180. The van der Waals surface area contributed by atoms with E-state index in [0.717, 1.165) is 0 Å². The Morgan fingerprint density at radius 3 is 1.66 bits per heavy atom. The number of aliphatic carboxylic acids is 2. The van der Waals surface area contributed by atoms with Crippen molar-refractivity contribution in [3.63, 3.8) is 0 Å². The molecule has 16 heteroatoms. The fraction of sp³-hybridized carbons (Fsp3) is 0.613. The first-order chi connectivity index (χ1) is 22.2. The fourth-order valence-electron chi connectivity index (χ4n) is 4.67. The van der Waals surface area contributed by atoms with Gasteiger partial charge in [-0.15, -0.1) is 0 Å². The minimum atomic E-state index is -1.64. The zero-order valence-electron chi connectivity index (χ0n) is 27.1. The Balaban J connectivity index is 3.10. The molecule has 13 N–H and O–H groups in total. The van der Waals surface area contributed by atoms with Crippen LogP contribution in [0.4, 0.5) is 0 Å². The summed E-state index contributed by atoms with van der Waals surface area (Å²) >= 11 is 0. The van der Waals surface area contributed by atoms with Crippen molar-refractivity contribution in [3.8, 4) is 5.75 Å². The monoisotopic (exact) mass is 665 g/mol. The average molecular weight is 666 g/mol. The molecule has 264 valence electrons. The number of carbonyl (C=O) groups excluding carboxylic acids is 4. The van der Waals surface area contributed by atoms with Crippen LogP contribution in [-0.2, 0) is 35.2 Å². The lowest BCUT2D eigenvalue weighted by Crippen LogP contribution is -2.59. The van der Waals surface area contributed by atoms with Gasteiger partial charge < -0.3 is 53.8 Å². The molecule has 0 saturated heterocycles. The average Bonchev–Trinajstić information content (AvgIpc) is 2.99. The third-order valence-corrected chi connectivity index (χ3v) is 7.22. The van der Waals surface area contributed by atoms with E-state index in [1.54, 1.807) is 26.0 Å². The van der Waals surface area contributed by atoms with E-state index in [0.29, 0.717) is 44.3 Å². The largest absolute Gasteiger partial charge is 0.508 e. The number of carboxylic acids is 2. The summed E-state index contributed by atoms with van der Waals surface area (Å²) in [6.07, 6.45) is 1.47. The van der Waals surface area contributed by atoms with E-state index in [9.17, 15) is 44.1 Å². The Morgan fingerprint density at radius 1 is 0.681 bits per heavy atom. The predicted molar refractivity (Wildman–Crippen MR) is 173 cm³/mol. The minimum absolute atomic E-state index is 0.0469. The number of phenolic OH excluding ortho intramolecular Hbond substituents is 1. The molecule has 0 saturated carbocycles. The molecule has 1 aromatic rings. The maximum atomic E-state index is 13.4. The molecule has 0 aliphatic carbocycles. The lowest BCUT2D eigenvalue weighted by atomic mass is 10.0. The van der Waals surface area contributed by atoms with E-state index in [-0.39, 0.29) is 37.4 Å². The van der Waals surface area contributed by atoms with Gasteiger partial charge in [0.05, 0.1) is 12.5 Å². The first-order valence-electron chi connectivity index (χ1n) is 15.8. The number of unbranched alkanes of at least 4 members (excludes halogenated alkanes) is 2. The van der Waals surface area contributed by atoms with Gasteiger partial charge in [-0.1, -0.05) is 26.0 Å². The van der Waals surface area contributed by atoms with Crippen molar-refractivity contribution in [1.29, 1.82) is 0 Å². The number of benzene rings is 1. The predicted octanol–water partition coefficient (Wildman–Crippen LogP) is -0.935. The molecule has 0 fully saturated rings. The van der Waals surface area contributed by atoms with E-state index in [2.05, 4.69) is 21.3 Å². The number of carbonyl (C=O) groups is 6. The molecule has 16 nitrogen and oxygen atoms in total. The summed E-state index contributed by atoms with van der Waals surface area (Å²) in [5, 5.41) is 38.4. The van der Waals surface area contributed by atoms with Crippen LogP contribution >= 0.6 is 0 Å². The molecule has 0 spiro atoms. The zero-order chi connectivity index (χ0) is 35.5. The quantitative estimate of drug-likeness (QED) is 0.0634. The molecule has 0 heterocycles. The second kappa shape index (κ2) is 21.5. The number of hydrogen-bond acceptors (Lipinski definition) is 10. The van der Waals surface area contributed by atoms with Gasteiger partial charge in [0.2, 0.25) is 23.6 Å². The lowest BCUT2D eigenvalue weighted by Gasteiger charge is -2.26. The second-order valence-electron chi connectivity index (χ2n) is 11.9. The van der Waals surface area contributed by atoms with Crippen molar-refractivity contribution in [1.82, 2.24) is 21.3 Å². The molecule has 0 radical (unpaired) electrons. The van der Waals surface area contributed by atoms with Gasteiger partial charge in [-0.25, -0.2) is 4.79 Å². The SMILES string of the molecule is CC(C)C[C@H](NC(=O)[C@@H](N)Cc1ccc(O)cc1)C(=O)N[C@@H](CC(=O)O)C(=O)N[C@@H](CCCCN)C(=O)N[C@@H](CCCCN)C(=O)O. The standard InChI is InChI=1S/C31H51N7O9/c1-18(2)15-24(37-27(42)21(34)16-19-9-11-20(39)12-10-19)29(44)38-25(17-26(40)41)30(45)35-22(7-3-5-13-32)28(43)36-23(31(46)47)8-4-6-14-33/h9-12,18,21-25,39H,3-8,13-17,32-34H2,1-2H3,(H,35,45)(H,36,43)(H,37,42)(H,38,44)(H,40,41)(H,46,47)/t21-,22-,23-,24-,25-/m0/s1.